The highest BCUT2D eigenvalue weighted by molar-refractivity contribution is 9.10. The van der Waals surface area contributed by atoms with Crippen molar-refractivity contribution in [3.63, 3.8) is 0 Å². The number of nitrogens with zero attached hydrogens (tertiary/aromatic N) is 1. The molecular weight excluding hydrogens is 432 g/mol. The van der Waals surface area contributed by atoms with Crippen molar-refractivity contribution in [2.75, 3.05) is 16.8 Å². The van der Waals surface area contributed by atoms with Gasteiger partial charge < -0.3 is 10.2 Å². The molecule has 1 aliphatic heterocycles. The number of benzene rings is 3. The molecule has 0 aliphatic carbocycles. The summed E-state index contributed by atoms with van der Waals surface area (Å²) in [5, 5.41) is 3.62. The molecule has 3 aromatic rings. The van der Waals surface area contributed by atoms with Crippen LogP contribution in [0.3, 0.4) is 0 Å². The van der Waals surface area contributed by atoms with Crippen molar-refractivity contribution in [3.05, 3.63) is 76.2 Å². The normalized spacial score (nSPS) is 12.3. The fourth-order valence-electron chi connectivity index (χ4n) is 2.87. The minimum absolute atomic E-state index is 0.0930. The summed E-state index contributed by atoms with van der Waals surface area (Å²) < 4.78 is 0.853. The average molecular weight is 446 g/mol. The van der Waals surface area contributed by atoms with Gasteiger partial charge in [0.2, 0.25) is 5.91 Å². The number of halogens is 2. The molecule has 0 saturated carbocycles. The molecule has 1 amide bonds. The Hall–Kier alpha value is -1.95. The number of amides is 1. The van der Waals surface area contributed by atoms with Gasteiger partial charge in [0.05, 0.1) is 17.1 Å². The molecule has 6 heteroatoms. The van der Waals surface area contributed by atoms with Gasteiger partial charge in [0, 0.05) is 19.3 Å². The Morgan fingerprint density at radius 1 is 1.00 bits per heavy atom. The van der Waals surface area contributed by atoms with E-state index in [0.717, 1.165) is 31.3 Å². The molecule has 0 spiro atoms. The fourth-order valence-corrected chi connectivity index (χ4v) is 4.50. The second-order valence-electron chi connectivity index (χ2n) is 5.80. The van der Waals surface area contributed by atoms with Crippen LogP contribution in [-0.2, 0) is 4.79 Å². The van der Waals surface area contributed by atoms with Crippen molar-refractivity contribution in [1.29, 1.82) is 0 Å². The first kappa shape index (κ1) is 17.5. The molecule has 0 radical (unpaired) electrons. The quantitative estimate of drug-likeness (QED) is 0.510. The molecular formula is C20H14BrClN2OS. The van der Waals surface area contributed by atoms with E-state index < -0.39 is 0 Å². The zero-order chi connectivity index (χ0) is 18.1. The highest BCUT2D eigenvalue weighted by Crippen LogP contribution is 2.48. The fraction of sp³-hybridized carbons (Fsp3) is 0.0500. The van der Waals surface area contributed by atoms with E-state index in [1.807, 2.05) is 65.6 Å². The van der Waals surface area contributed by atoms with Crippen LogP contribution in [0, 0.1) is 0 Å². The summed E-state index contributed by atoms with van der Waals surface area (Å²) in [4.78, 5) is 16.9. The molecule has 130 valence electrons. The van der Waals surface area contributed by atoms with E-state index in [-0.39, 0.29) is 12.5 Å². The molecule has 0 bridgehead atoms. The maximum atomic E-state index is 12.7. The Morgan fingerprint density at radius 3 is 2.58 bits per heavy atom. The van der Waals surface area contributed by atoms with Crippen LogP contribution in [0.4, 0.5) is 17.1 Å². The summed E-state index contributed by atoms with van der Waals surface area (Å²) in [6.45, 7) is 0.201. The Balaban J connectivity index is 1.66. The number of carbonyl (C=O) groups is 1. The van der Waals surface area contributed by atoms with Crippen LogP contribution in [-0.4, -0.2) is 12.5 Å². The summed E-state index contributed by atoms with van der Waals surface area (Å²) in [5.41, 5.74) is 2.71. The Labute approximate surface area is 169 Å². The van der Waals surface area contributed by atoms with Crippen LogP contribution in [0.25, 0.3) is 0 Å². The topological polar surface area (TPSA) is 32.3 Å². The molecule has 0 saturated heterocycles. The van der Waals surface area contributed by atoms with Crippen molar-refractivity contribution < 1.29 is 4.79 Å². The lowest BCUT2D eigenvalue weighted by atomic mass is 10.2. The van der Waals surface area contributed by atoms with Crippen LogP contribution in [0.5, 0.6) is 0 Å². The first-order valence-corrected chi connectivity index (χ1v) is 9.99. The second kappa shape index (κ2) is 7.35. The van der Waals surface area contributed by atoms with E-state index in [0.29, 0.717) is 5.02 Å². The van der Waals surface area contributed by atoms with E-state index in [1.54, 1.807) is 11.8 Å². The van der Waals surface area contributed by atoms with E-state index >= 15 is 0 Å². The van der Waals surface area contributed by atoms with Gasteiger partial charge in [-0.15, -0.1) is 0 Å². The van der Waals surface area contributed by atoms with Gasteiger partial charge in [-0.05, 0) is 58.4 Å². The average Bonchev–Trinajstić information content (AvgIpc) is 2.64. The molecule has 3 aromatic carbocycles. The minimum atomic E-state index is -0.0930. The van der Waals surface area contributed by atoms with Crippen LogP contribution in [0.15, 0.2) is 81.0 Å². The number of nitrogens with one attached hydrogen (secondary N) is 1. The maximum absolute atomic E-state index is 12.7. The molecule has 4 rings (SSSR count). The number of hydrogen-bond donors (Lipinski definition) is 1. The first-order valence-electron chi connectivity index (χ1n) is 8.00. The lowest BCUT2D eigenvalue weighted by molar-refractivity contribution is -0.114. The van der Waals surface area contributed by atoms with E-state index in [2.05, 4.69) is 27.3 Å². The molecule has 1 N–H and O–H groups in total. The van der Waals surface area contributed by atoms with Crippen molar-refractivity contribution in [2.45, 2.75) is 9.79 Å². The lowest BCUT2D eigenvalue weighted by Crippen LogP contribution is -2.31. The van der Waals surface area contributed by atoms with E-state index in [1.165, 1.54) is 0 Å². The maximum Gasteiger partial charge on any atom is 0.244 e. The van der Waals surface area contributed by atoms with Crippen LogP contribution in [0.2, 0.25) is 5.02 Å². The molecule has 1 heterocycles. The SMILES string of the molecule is O=C(CN1c2ccccc2Sc2ccc(Cl)cc21)Nc1ccccc1Br. The Bertz CT molecular complexity index is 995. The van der Waals surface area contributed by atoms with Gasteiger partial charge in [-0.3, -0.25) is 4.79 Å². The molecule has 0 aromatic heterocycles. The predicted molar refractivity (Wildman–Crippen MR) is 112 cm³/mol. The minimum Gasteiger partial charge on any atom is -0.330 e. The van der Waals surface area contributed by atoms with Crippen LogP contribution >= 0.6 is 39.3 Å². The zero-order valence-electron chi connectivity index (χ0n) is 13.6. The summed E-state index contributed by atoms with van der Waals surface area (Å²) in [6, 6.07) is 21.4. The monoisotopic (exact) mass is 444 g/mol. The van der Waals surface area contributed by atoms with E-state index in [4.69, 9.17) is 11.6 Å². The Kier molecular flexibility index (Phi) is 4.94. The third kappa shape index (κ3) is 3.47. The largest absolute Gasteiger partial charge is 0.330 e. The molecule has 1 aliphatic rings. The third-order valence-corrected chi connectivity index (χ3v) is 6.09. The smallest absolute Gasteiger partial charge is 0.244 e. The number of carbonyl (C=O) groups excluding carboxylic acids is 1. The van der Waals surface area contributed by atoms with Gasteiger partial charge >= 0.3 is 0 Å². The summed E-state index contributed by atoms with van der Waals surface area (Å²) in [7, 11) is 0. The van der Waals surface area contributed by atoms with Gasteiger partial charge in [-0.1, -0.05) is 47.6 Å². The van der Waals surface area contributed by atoms with Crippen molar-refractivity contribution in [3.8, 4) is 0 Å². The van der Waals surface area contributed by atoms with Crippen LogP contribution < -0.4 is 10.2 Å². The van der Waals surface area contributed by atoms with Crippen LogP contribution in [0.1, 0.15) is 0 Å². The molecule has 0 atom stereocenters. The van der Waals surface area contributed by atoms with Gasteiger partial charge in [0.15, 0.2) is 0 Å². The third-order valence-electron chi connectivity index (χ3n) is 4.04. The predicted octanol–water partition coefficient (Wildman–Crippen LogP) is 6.34. The zero-order valence-corrected chi connectivity index (χ0v) is 16.7. The summed E-state index contributed by atoms with van der Waals surface area (Å²) in [5.74, 6) is -0.0930. The van der Waals surface area contributed by atoms with Crippen molar-refractivity contribution in [1.82, 2.24) is 0 Å². The van der Waals surface area contributed by atoms with Gasteiger partial charge in [-0.25, -0.2) is 0 Å². The van der Waals surface area contributed by atoms with Crippen molar-refractivity contribution in [2.24, 2.45) is 0 Å². The standard InChI is InChI=1S/C20H14BrClN2OS/c21-14-5-1-2-6-15(14)23-20(25)12-24-16-7-3-4-8-18(16)26-19-10-9-13(22)11-17(19)24/h1-11H,12H2,(H,23,25). The molecule has 0 fully saturated rings. The van der Waals surface area contributed by atoms with Gasteiger partial charge in [-0.2, -0.15) is 0 Å². The van der Waals surface area contributed by atoms with Gasteiger partial charge in [0.25, 0.3) is 0 Å². The number of fused-ring (bicyclic) bond motifs is 2. The lowest BCUT2D eigenvalue weighted by Gasteiger charge is -2.32. The number of para-hydroxylation sites is 2. The summed E-state index contributed by atoms with van der Waals surface area (Å²) in [6.07, 6.45) is 0. The van der Waals surface area contributed by atoms with E-state index in [9.17, 15) is 4.79 Å². The number of hydrogen-bond acceptors (Lipinski definition) is 3. The Morgan fingerprint density at radius 2 is 1.73 bits per heavy atom. The highest BCUT2D eigenvalue weighted by atomic mass is 79.9. The number of anilines is 3. The highest BCUT2D eigenvalue weighted by Gasteiger charge is 2.25. The number of rotatable bonds is 3. The molecule has 0 unspecified atom stereocenters. The molecule has 26 heavy (non-hydrogen) atoms. The summed E-state index contributed by atoms with van der Waals surface area (Å²) >= 11 is 11.4. The second-order valence-corrected chi connectivity index (χ2v) is 8.17. The molecule has 3 nitrogen and oxygen atoms in total. The van der Waals surface area contributed by atoms with Crippen molar-refractivity contribution >= 4 is 62.3 Å². The first-order chi connectivity index (χ1) is 12.6. The van der Waals surface area contributed by atoms with Gasteiger partial charge in [0.1, 0.15) is 6.54 Å².